The standard InChI is InChI=1S/C11H20N2O2/c1-3-5-10(14)12-7-8-13(9-12)11(15)6-4-2/h3-9H2,1-2H3. The molecule has 1 fully saturated rings. The van der Waals surface area contributed by atoms with Crippen molar-refractivity contribution < 1.29 is 9.59 Å². The Bertz CT molecular complexity index is 217. The highest BCUT2D eigenvalue weighted by Gasteiger charge is 2.25. The summed E-state index contributed by atoms with van der Waals surface area (Å²) in [5.41, 5.74) is 0. The molecule has 4 nitrogen and oxygen atoms in total. The van der Waals surface area contributed by atoms with Gasteiger partial charge in [-0.3, -0.25) is 9.59 Å². The van der Waals surface area contributed by atoms with E-state index < -0.39 is 0 Å². The van der Waals surface area contributed by atoms with Crippen LogP contribution in [0.2, 0.25) is 0 Å². The minimum atomic E-state index is 0.171. The Balaban J connectivity index is 2.38. The van der Waals surface area contributed by atoms with Crippen molar-refractivity contribution in [3.63, 3.8) is 0 Å². The van der Waals surface area contributed by atoms with Gasteiger partial charge in [-0.25, -0.2) is 0 Å². The van der Waals surface area contributed by atoms with E-state index in [4.69, 9.17) is 0 Å². The van der Waals surface area contributed by atoms with E-state index >= 15 is 0 Å². The van der Waals surface area contributed by atoms with Gasteiger partial charge in [0.05, 0.1) is 6.67 Å². The second-order valence-corrected chi connectivity index (χ2v) is 3.96. The van der Waals surface area contributed by atoms with Crippen LogP contribution in [0.1, 0.15) is 39.5 Å². The fourth-order valence-corrected chi connectivity index (χ4v) is 1.74. The lowest BCUT2D eigenvalue weighted by Gasteiger charge is -2.18. The van der Waals surface area contributed by atoms with Crippen LogP contribution in [-0.4, -0.2) is 41.4 Å². The first-order chi connectivity index (χ1) is 7.19. The van der Waals surface area contributed by atoms with Gasteiger partial charge in [-0.1, -0.05) is 13.8 Å². The Morgan fingerprint density at radius 3 is 1.67 bits per heavy atom. The molecular weight excluding hydrogens is 192 g/mol. The van der Waals surface area contributed by atoms with Gasteiger partial charge in [-0.2, -0.15) is 0 Å². The maximum Gasteiger partial charge on any atom is 0.224 e. The van der Waals surface area contributed by atoms with Crippen LogP contribution in [0, 0.1) is 0 Å². The lowest BCUT2D eigenvalue weighted by atomic mass is 10.3. The SMILES string of the molecule is CCCC(=O)N1CCN(C(=O)CCC)C1. The number of hydrogen-bond donors (Lipinski definition) is 0. The summed E-state index contributed by atoms with van der Waals surface area (Å²) in [5.74, 6) is 0.341. The Morgan fingerprint density at radius 2 is 1.33 bits per heavy atom. The Hall–Kier alpha value is -1.06. The molecule has 0 aromatic rings. The summed E-state index contributed by atoms with van der Waals surface area (Å²) in [6.45, 7) is 5.89. The lowest BCUT2D eigenvalue weighted by molar-refractivity contribution is -0.134. The molecule has 0 radical (unpaired) electrons. The summed E-state index contributed by atoms with van der Waals surface area (Å²) >= 11 is 0. The quantitative estimate of drug-likeness (QED) is 0.703. The zero-order chi connectivity index (χ0) is 11.3. The smallest absolute Gasteiger partial charge is 0.224 e. The van der Waals surface area contributed by atoms with Crippen molar-refractivity contribution in [3.8, 4) is 0 Å². The van der Waals surface area contributed by atoms with Gasteiger partial charge in [0.25, 0.3) is 0 Å². The van der Waals surface area contributed by atoms with Crippen LogP contribution < -0.4 is 0 Å². The van der Waals surface area contributed by atoms with E-state index in [1.807, 2.05) is 13.8 Å². The summed E-state index contributed by atoms with van der Waals surface area (Å²) in [6.07, 6.45) is 2.93. The van der Waals surface area contributed by atoms with E-state index in [1.54, 1.807) is 9.80 Å². The van der Waals surface area contributed by atoms with Crippen LogP contribution in [0.25, 0.3) is 0 Å². The molecule has 0 aromatic carbocycles. The Morgan fingerprint density at radius 1 is 0.933 bits per heavy atom. The Kier molecular flexibility index (Phi) is 4.59. The molecule has 15 heavy (non-hydrogen) atoms. The number of carbonyl (C=O) groups is 2. The lowest BCUT2D eigenvalue weighted by Crippen LogP contribution is -2.33. The average Bonchev–Trinajstić information content (AvgIpc) is 2.67. The van der Waals surface area contributed by atoms with Gasteiger partial charge in [0.15, 0.2) is 0 Å². The van der Waals surface area contributed by atoms with Gasteiger partial charge in [-0.15, -0.1) is 0 Å². The molecule has 1 aliphatic rings. The molecule has 1 heterocycles. The summed E-state index contributed by atoms with van der Waals surface area (Å²) in [5, 5.41) is 0. The van der Waals surface area contributed by atoms with Gasteiger partial charge in [0.1, 0.15) is 0 Å². The topological polar surface area (TPSA) is 40.6 Å². The first-order valence-corrected chi connectivity index (χ1v) is 5.74. The molecule has 0 N–H and O–H groups in total. The van der Waals surface area contributed by atoms with Crippen molar-refractivity contribution in [1.82, 2.24) is 9.80 Å². The van der Waals surface area contributed by atoms with Crippen LogP contribution in [-0.2, 0) is 9.59 Å². The molecule has 0 aliphatic carbocycles. The highest BCUT2D eigenvalue weighted by molar-refractivity contribution is 5.79. The predicted octanol–water partition coefficient (Wildman–Crippen LogP) is 1.21. The maximum atomic E-state index is 11.6. The fraction of sp³-hybridized carbons (Fsp3) is 0.818. The van der Waals surface area contributed by atoms with Crippen LogP contribution >= 0.6 is 0 Å². The molecule has 1 aliphatic heterocycles. The molecule has 0 bridgehead atoms. The zero-order valence-corrected chi connectivity index (χ0v) is 9.66. The highest BCUT2D eigenvalue weighted by Crippen LogP contribution is 2.09. The van der Waals surface area contributed by atoms with Crippen molar-refractivity contribution in [2.24, 2.45) is 0 Å². The highest BCUT2D eigenvalue weighted by atomic mass is 16.2. The van der Waals surface area contributed by atoms with E-state index in [0.29, 0.717) is 32.6 Å². The van der Waals surface area contributed by atoms with Gasteiger partial charge in [-0.05, 0) is 12.8 Å². The van der Waals surface area contributed by atoms with Gasteiger partial charge in [0.2, 0.25) is 11.8 Å². The normalized spacial score (nSPS) is 15.9. The number of carbonyl (C=O) groups excluding carboxylic acids is 2. The third-order valence-electron chi connectivity index (χ3n) is 2.61. The molecule has 0 spiro atoms. The maximum absolute atomic E-state index is 11.6. The first-order valence-electron chi connectivity index (χ1n) is 5.74. The van der Waals surface area contributed by atoms with Gasteiger partial charge >= 0.3 is 0 Å². The van der Waals surface area contributed by atoms with Gasteiger partial charge < -0.3 is 9.80 Å². The summed E-state index contributed by atoms with van der Waals surface area (Å²) in [6, 6.07) is 0. The zero-order valence-electron chi connectivity index (χ0n) is 9.66. The molecular formula is C11H20N2O2. The summed E-state index contributed by atoms with van der Waals surface area (Å²) < 4.78 is 0. The summed E-state index contributed by atoms with van der Waals surface area (Å²) in [7, 11) is 0. The molecule has 86 valence electrons. The third kappa shape index (κ3) is 3.22. The van der Waals surface area contributed by atoms with Crippen molar-refractivity contribution in [2.45, 2.75) is 39.5 Å². The summed E-state index contributed by atoms with van der Waals surface area (Å²) in [4.78, 5) is 26.7. The van der Waals surface area contributed by atoms with Crippen LogP contribution in [0.5, 0.6) is 0 Å². The number of hydrogen-bond acceptors (Lipinski definition) is 2. The van der Waals surface area contributed by atoms with E-state index in [-0.39, 0.29) is 11.8 Å². The van der Waals surface area contributed by atoms with Crippen molar-refractivity contribution in [3.05, 3.63) is 0 Å². The number of nitrogens with zero attached hydrogens (tertiary/aromatic N) is 2. The molecule has 1 saturated heterocycles. The number of amides is 2. The molecule has 0 atom stereocenters. The van der Waals surface area contributed by atoms with Crippen LogP contribution in [0.3, 0.4) is 0 Å². The minimum Gasteiger partial charge on any atom is -0.323 e. The van der Waals surface area contributed by atoms with Gasteiger partial charge in [0, 0.05) is 25.9 Å². The van der Waals surface area contributed by atoms with Crippen LogP contribution in [0.4, 0.5) is 0 Å². The van der Waals surface area contributed by atoms with Crippen LogP contribution in [0.15, 0.2) is 0 Å². The monoisotopic (exact) mass is 212 g/mol. The third-order valence-corrected chi connectivity index (χ3v) is 2.61. The fourth-order valence-electron chi connectivity index (χ4n) is 1.74. The van der Waals surface area contributed by atoms with E-state index in [9.17, 15) is 9.59 Å². The Labute approximate surface area is 91.2 Å². The number of rotatable bonds is 4. The second-order valence-electron chi connectivity index (χ2n) is 3.96. The van der Waals surface area contributed by atoms with E-state index in [0.717, 1.165) is 12.8 Å². The molecule has 0 aromatic heterocycles. The predicted molar refractivity (Wildman–Crippen MR) is 58.1 cm³/mol. The average molecular weight is 212 g/mol. The van der Waals surface area contributed by atoms with E-state index in [2.05, 4.69) is 0 Å². The minimum absolute atomic E-state index is 0.171. The largest absolute Gasteiger partial charge is 0.323 e. The second kappa shape index (κ2) is 5.73. The van der Waals surface area contributed by atoms with E-state index in [1.165, 1.54) is 0 Å². The molecule has 2 amide bonds. The van der Waals surface area contributed by atoms with Crippen molar-refractivity contribution in [1.29, 1.82) is 0 Å². The molecule has 4 heteroatoms. The van der Waals surface area contributed by atoms with Crippen molar-refractivity contribution >= 4 is 11.8 Å². The first kappa shape index (κ1) is 12.0. The molecule has 1 rings (SSSR count). The molecule has 0 unspecified atom stereocenters. The van der Waals surface area contributed by atoms with Crippen molar-refractivity contribution in [2.75, 3.05) is 19.8 Å². The molecule has 0 saturated carbocycles.